The van der Waals surface area contributed by atoms with E-state index in [4.69, 9.17) is 17.0 Å². The van der Waals surface area contributed by atoms with Crippen molar-refractivity contribution >= 4 is 45.3 Å². The van der Waals surface area contributed by atoms with E-state index in [2.05, 4.69) is 15.1 Å². The Morgan fingerprint density at radius 1 is 1.18 bits per heavy atom. The molecule has 1 aromatic heterocycles. The zero-order valence-corrected chi connectivity index (χ0v) is 17.3. The summed E-state index contributed by atoms with van der Waals surface area (Å²) in [6, 6.07) is 6.57. The molecule has 8 heteroatoms. The number of halogens is 1. The molecule has 0 saturated carbocycles. The summed E-state index contributed by atoms with van der Waals surface area (Å²) in [6.45, 7) is 3.14. The standard InChI is InChI=1S/C20H22FN3O2S2/c1-26-19(25)17-15-3-2-4-16(15)28-18(17)22-20(27)24-11-9-23(10-12-24)14-7-5-13(21)6-8-14/h5-8H,2-4,9-12H2,1H3,(H,22,27). The fourth-order valence-electron chi connectivity index (χ4n) is 3.81. The Morgan fingerprint density at radius 3 is 2.57 bits per heavy atom. The molecule has 148 valence electrons. The summed E-state index contributed by atoms with van der Waals surface area (Å²) in [6.07, 6.45) is 3.01. The SMILES string of the molecule is COC(=O)c1c(NC(=S)N2CCN(c3ccc(F)cc3)CC2)sc2c1CCC2. The molecular formula is C20H22FN3O2S2. The summed E-state index contributed by atoms with van der Waals surface area (Å²) in [5, 5.41) is 4.72. The van der Waals surface area contributed by atoms with Crippen molar-refractivity contribution in [3.63, 3.8) is 0 Å². The number of piperazine rings is 1. The number of rotatable bonds is 3. The van der Waals surface area contributed by atoms with Crippen molar-refractivity contribution in [2.75, 3.05) is 43.5 Å². The lowest BCUT2D eigenvalue weighted by molar-refractivity contribution is 0.0601. The Bertz CT molecular complexity index is 890. The molecule has 1 fully saturated rings. The van der Waals surface area contributed by atoms with Gasteiger partial charge < -0.3 is 19.9 Å². The van der Waals surface area contributed by atoms with Crippen LogP contribution in [0.2, 0.25) is 0 Å². The molecule has 1 aliphatic heterocycles. The zero-order valence-electron chi connectivity index (χ0n) is 15.7. The van der Waals surface area contributed by atoms with E-state index < -0.39 is 0 Å². The van der Waals surface area contributed by atoms with Crippen LogP contribution in [0.5, 0.6) is 0 Å². The molecule has 1 N–H and O–H groups in total. The van der Waals surface area contributed by atoms with Gasteiger partial charge in [0.05, 0.1) is 12.7 Å². The Morgan fingerprint density at radius 2 is 1.89 bits per heavy atom. The van der Waals surface area contributed by atoms with E-state index >= 15 is 0 Å². The first kappa shape index (κ1) is 19.1. The number of anilines is 2. The predicted molar refractivity (Wildman–Crippen MR) is 114 cm³/mol. The van der Waals surface area contributed by atoms with Crippen LogP contribution in [0.25, 0.3) is 0 Å². The van der Waals surface area contributed by atoms with Crippen molar-refractivity contribution in [2.24, 2.45) is 0 Å². The van der Waals surface area contributed by atoms with Crippen LogP contribution in [0.3, 0.4) is 0 Å². The predicted octanol–water partition coefficient (Wildman–Crippen LogP) is 3.68. The number of nitrogens with one attached hydrogen (secondary N) is 1. The monoisotopic (exact) mass is 419 g/mol. The molecule has 0 atom stereocenters. The van der Waals surface area contributed by atoms with Gasteiger partial charge in [-0.1, -0.05) is 0 Å². The molecule has 4 rings (SSSR count). The quantitative estimate of drug-likeness (QED) is 0.605. The molecule has 2 aromatic rings. The number of nitrogens with zero attached hydrogens (tertiary/aromatic N) is 2. The van der Waals surface area contributed by atoms with E-state index in [0.29, 0.717) is 10.7 Å². The Labute approximate surface area is 173 Å². The minimum atomic E-state index is -0.300. The number of methoxy groups -OCH3 is 1. The Hall–Kier alpha value is -2.19. The van der Waals surface area contributed by atoms with Crippen LogP contribution < -0.4 is 10.2 Å². The van der Waals surface area contributed by atoms with E-state index in [1.165, 1.54) is 24.1 Å². The summed E-state index contributed by atoms with van der Waals surface area (Å²) >= 11 is 7.23. The van der Waals surface area contributed by atoms with Crippen molar-refractivity contribution < 1.29 is 13.9 Å². The number of carbonyl (C=O) groups excluding carboxylic acids is 1. The normalized spacial score (nSPS) is 16.1. The maximum atomic E-state index is 13.1. The van der Waals surface area contributed by atoms with Crippen molar-refractivity contribution in [3.8, 4) is 0 Å². The highest BCUT2D eigenvalue weighted by Gasteiger charge is 2.28. The first-order chi connectivity index (χ1) is 13.6. The van der Waals surface area contributed by atoms with Gasteiger partial charge in [-0.25, -0.2) is 9.18 Å². The van der Waals surface area contributed by atoms with Crippen LogP contribution in [0.15, 0.2) is 24.3 Å². The van der Waals surface area contributed by atoms with Crippen molar-refractivity contribution in [1.82, 2.24) is 4.90 Å². The topological polar surface area (TPSA) is 44.8 Å². The van der Waals surface area contributed by atoms with Gasteiger partial charge in [-0.3, -0.25) is 0 Å². The fourth-order valence-corrected chi connectivity index (χ4v) is 5.43. The van der Waals surface area contributed by atoms with Gasteiger partial charge in [-0.05, 0) is 61.3 Å². The summed E-state index contributed by atoms with van der Waals surface area (Å²) in [7, 11) is 1.41. The van der Waals surface area contributed by atoms with Crippen LogP contribution >= 0.6 is 23.6 Å². The minimum absolute atomic E-state index is 0.225. The molecule has 5 nitrogen and oxygen atoms in total. The number of ether oxygens (including phenoxy) is 1. The molecule has 1 aromatic carbocycles. The second kappa shape index (κ2) is 8.05. The smallest absolute Gasteiger partial charge is 0.341 e. The van der Waals surface area contributed by atoms with Crippen LogP contribution in [0.1, 0.15) is 27.2 Å². The maximum absolute atomic E-state index is 13.1. The number of thiocarbonyl (C=S) groups is 1. The van der Waals surface area contributed by atoms with Crippen molar-refractivity contribution in [3.05, 3.63) is 46.1 Å². The molecule has 1 aliphatic carbocycles. The third-order valence-electron chi connectivity index (χ3n) is 5.29. The van der Waals surface area contributed by atoms with Gasteiger partial charge in [-0.2, -0.15) is 0 Å². The number of carbonyl (C=O) groups is 1. The lowest BCUT2D eigenvalue weighted by atomic mass is 10.1. The molecule has 28 heavy (non-hydrogen) atoms. The molecule has 1 saturated heterocycles. The van der Waals surface area contributed by atoms with Gasteiger partial charge in [0.25, 0.3) is 0 Å². The average Bonchev–Trinajstić information content (AvgIpc) is 3.29. The average molecular weight is 420 g/mol. The largest absolute Gasteiger partial charge is 0.465 e. The molecule has 0 unspecified atom stereocenters. The summed E-state index contributed by atoms with van der Waals surface area (Å²) in [5.74, 6) is -0.525. The van der Waals surface area contributed by atoms with Gasteiger partial charge in [0.2, 0.25) is 0 Å². The highest BCUT2D eigenvalue weighted by atomic mass is 32.1. The number of thiophene rings is 1. The molecule has 0 spiro atoms. The van der Waals surface area contributed by atoms with Gasteiger partial charge >= 0.3 is 5.97 Å². The Balaban J connectivity index is 1.41. The summed E-state index contributed by atoms with van der Waals surface area (Å²) in [5.41, 5.74) is 2.78. The van der Waals surface area contributed by atoms with Crippen molar-refractivity contribution in [2.45, 2.75) is 19.3 Å². The second-order valence-corrected chi connectivity index (χ2v) is 8.43. The summed E-state index contributed by atoms with van der Waals surface area (Å²) in [4.78, 5) is 17.9. The maximum Gasteiger partial charge on any atom is 0.341 e. The van der Waals surface area contributed by atoms with E-state index in [9.17, 15) is 9.18 Å². The zero-order chi connectivity index (χ0) is 19.7. The second-order valence-electron chi connectivity index (χ2n) is 6.93. The fraction of sp³-hybridized carbons (Fsp3) is 0.400. The van der Waals surface area contributed by atoms with Gasteiger partial charge in [0.15, 0.2) is 5.11 Å². The number of esters is 1. The Kier molecular flexibility index (Phi) is 5.50. The lowest BCUT2D eigenvalue weighted by Gasteiger charge is -2.37. The molecule has 0 bridgehead atoms. The number of aryl methyl sites for hydroxylation is 1. The summed E-state index contributed by atoms with van der Waals surface area (Å²) < 4.78 is 18.1. The van der Waals surface area contributed by atoms with Crippen LogP contribution in [0.4, 0.5) is 15.1 Å². The molecule has 2 heterocycles. The van der Waals surface area contributed by atoms with E-state index in [1.54, 1.807) is 23.5 Å². The number of benzene rings is 1. The van der Waals surface area contributed by atoms with Gasteiger partial charge in [0, 0.05) is 36.7 Å². The molecule has 2 aliphatic rings. The lowest BCUT2D eigenvalue weighted by Crippen LogP contribution is -2.50. The molecular weight excluding hydrogens is 397 g/mol. The highest BCUT2D eigenvalue weighted by Crippen LogP contribution is 2.39. The first-order valence-electron chi connectivity index (χ1n) is 9.36. The third-order valence-corrected chi connectivity index (χ3v) is 6.86. The highest BCUT2D eigenvalue weighted by molar-refractivity contribution is 7.80. The van der Waals surface area contributed by atoms with Crippen molar-refractivity contribution in [1.29, 1.82) is 0 Å². The van der Waals surface area contributed by atoms with E-state index in [1.807, 2.05) is 0 Å². The molecule has 0 amide bonds. The van der Waals surface area contributed by atoms with Crippen LogP contribution in [-0.2, 0) is 17.6 Å². The van der Waals surface area contributed by atoms with Crippen LogP contribution in [0, 0.1) is 5.82 Å². The number of hydrogen-bond donors (Lipinski definition) is 1. The van der Waals surface area contributed by atoms with E-state index in [0.717, 1.165) is 61.7 Å². The van der Waals surface area contributed by atoms with Crippen LogP contribution in [-0.4, -0.2) is 49.3 Å². The van der Waals surface area contributed by atoms with E-state index in [-0.39, 0.29) is 11.8 Å². The minimum Gasteiger partial charge on any atom is -0.465 e. The van der Waals surface area contributed by atoms with Gasteiger partial charge in [0.1, 0.15) is 10.8 Å². The third kappa shape index (κ3) is 3.71. The number of hydrogen-bond acceptors (Lipinski definition) is 5. The molecule has 0 radical (unpaired) electrons. The van der Waals surface area contributed by atoms with Gasteiger partial charge in [-0.15, -0.1) is 11.3 Å². The first-order valence-corrected chi connectivity index (χ1v) is 10.6. The number of fused-ring (bicyclic) bond motifs is 1.